The molecule has 3 heteroatoms. The molecule has 0 saturated heterocycles. The van der Waals surface area contributed by atoms with Gasteiger partial charge in [-0.25, -0.2) is 0 Å². The lowest BCUT2D eigenvalue weighted by molar-refractivity contribution is 0.340. The number of para-hydroxylation sites is 1. The molecule has 0 aliphatic rings. The number of fused-ring (bicyclic) bond motifs is 1. The molecular formula is C18H18N2O. The molecule has 0 radical (unpaired) electrons. The molecule has 1 N–H and O–H groups in total. The number of anilines is 1. The van der Waals surface area contributed by atoms with Crippen LogP contribution < -0.4 is 10.1 Å². The molecule has 0 aliphatic carbocycles. The van der Waals surface area contributed by atoms with Crippen LogP contribution in [0.5, 0.6) is 5.75 Å². The Hall–Kier alpha value is -2.55. The van der Waals surface area contributed by atoms with Gasteiger partial charge in [-0.15, -0.1) is 0 Å². The maximum absolute atomic E-state index is 5.53. The zero-order chi connectivity index (χ0) is 14.5. The van der Waals surface area contributed by atoms with Crippen LogP contribution in [0, 0.1) is 0 Å². The Morgan fingerprint density at radius 2 is 1.95 bits per heavy atom. The molecule has 0 amide bonds. The molecular weight excluding hydrogens is 260 g/mol. The number of benzene rings is 2. The van der Waals surface area contributed by atoms with Crippen molar-refractivity contribution in [2.75, 3.05) is 11.9 Å². The molecule has 2 aromatic carbocycles. The van der Waals surface area contributed by atoms with Crippen LogP contribution in [0.25, 0.3) is 10.9 Å². The predicted octanol–water partition coefficient (Wildman–Crippen LogP) is 4.25. The fourth-order valence-electron chi connectivity index (χ4n) is 2.36. The summed E-state index contributed by atoms with van der Waals surface area (Å²) in [6.07, 6.45) is 1.83. The fourth-order valence-corrected chi connectivity index (χ4v) is 2.36. The van der Waals surface area contributed by atoms with Crippen LogP contribution in [0.2, 0.25) is 0 Å². The summed E-state index contributed by atoms with van der Waals surface area (Å²) in [6, 6.07) is 18.3. The Morgan fingerprint density at radius 1 is 1.05 bits per heavy atom. The fraction of sp³-hybridized carbons (Fsp3) is 0.167. The number of nitrogens with one attached hydrogen (secondary N) is 1. The van der Waals surface area contributed by atoms with Crippen molar-refractivity contribution in [3.05, 3.63) is 66.4 Å². The summed E-state index contributed by atoms with van der Waals surface area (Å²) in [4.78, 5) is 4.38. The summed E-state index contributed by atoms with van der Waals surface area (Å²) in [5, 5.41) is 4.62. The highest BCUT2D eigenvalue weighted by atomic mass is 16.5. The Labute approximate surface area is 124 Å². The second-order valence-electron chi connectivity index (χ2n) is 4.81. The minimum Gasteiger partial charge on any atom is -0.494 e. The van der Waals surface area contributed by atoms with Gasteiger partial charge >= 0.3 is 0 Å². The van der Waals surface area contributed by atoms with E-state index in [4.69, 9.17) is 4.74 Å². The van der Waals surface area contributed by atoms with Crippen LogP contribution in [0.1, 0.15) is 12.5 Å². The van der Waals surface area contributed by atoms with Crippen LogP contribution >= 0.6 is 0 Å². The minimum absolute atomic E-state index is 0.686. The molecule has 0 spiro atoms. The van der Waals surface area contributed by atoms with E-state index in [1.54, 1.807) is 0 Å². The molecule has 3 rings (SSSR count). The molecule has 0 atom stereocenters. The van der Waals surface area contributed by atoms with Gasteiger partial charge in [-0.3, -0.25) is 4.98 Å². The minimum atomic E-state index is 0.686. The normalized spacial score (nSPS) is 10.5. The summed E-state index contributed by atoms with van der Waals surface area (Å²) in [5.41, 5.74) is 3.30. The monoisotopic (exact) mass is 278 g/mol. The Kier molecular flexibility index (Phi) is 4.01. The molecule has 3 aromatic rings. The van der Waals surface area contributed by atoms with Crippen molar-refractivity contribution in [2.45, 2.75) is 13.5 Å². The van der Waals surface area contributed by atoms with Crippen LogP contribution in [0.15, 0.2) is 60.8 Å². The second-order valence-corrected chi connectivity index (χ2v) is 4.81. The van der Waals surface area contributed by atoms with Crippen LogP contribution in [-0.2, 0) is 6.54 Å². The average Bonchev–Trinajstić information content (AvgIpc) is 2.53. The maximum atomic E-state index is 5.53. The van der Waals surface area contributed by atoms with Crippen molar-refractivity contribution >= 4 is 16.6 Å². The number of hydrogen-bond acceptors (Lipinski definition) is 3. The molecule has 1 heterocycles. The average molecular weight is 278 g/mol. The van der Waals surface area contributed by atoms with Crippen molar-refractivity contribution in [3.8, 4) is 5.75 Å². The molecule has 0 unspecified atom stereocenters. The van der Waals surface area contributed by atoms with Crippen molar-refractivity contribution in [3.63, 3.8) is 0 Å². The van der Waals surface area contributed by atoms with E-state index in [9.17, 15) is 0 Å². The van der Waals surface area contributed by atoms with Crippen LogP contribution in [0.3, 0.4) is 0 Å². The van der Waals surface area contributed by atoms with E-state index >= 15 is 0 Å². The van der Waals surface area contributed by atoms with E-state index in [1.165, 1.54) is 5.56 Å². The van der Waals surface area contributed by atoms with Crippen LogP contribution in [-0.4, -0.2) is 11.6 Å². The quantitative estimate of drug-likeness (QED) is 0.757. The summed E-state index contributed by atoms with van der Waals surface area (Å²) >= 11 is 0. The molecule has 0 aliphatic heterocycles. The van der Waals surface area contributed by atoms with Gasteiger partial charge in [-0.2, -0.15) is 0 Å². The molecule has 0 bridgehead atoms. The van der Waals surface area contributed by atoms with Gasteiger partial charge in [0.15, 0.2) is 0 Å². The Balaban J connectivity index is 1.79. The number of rotatable bonds is 5. The number of pyridine rings is 1. The van der Waals surface area contributed by atoms with Gasteiger partial charge in [-0.05, 0) is 36.8 Å². The van der Waals surface area contributed by atoms with Gasteiger partial charge < -0.3 is 10.1 Å². The molecule has 0 saturated carbocycles. The summed E-state index contributed by atoms with van der Waals surface area (Å²) in [7, 11) is 0. The first kappa shape index (κ1) is 13.4. The van der Waals surface area contributed by atoms with E-state index in [0.717, 1.165) is 28.9 Å². The first-order chi connectivity index (χ1) is 10.4. The zero-order valence-corrected chi connectivity index (χ0v) is 12.0. The predicted molar refractivity (Wildman–Crippen MR) is 86.7 cm³/mol. The Bertz CT molecular complexity index is 735. The van der Waals surface area contributed by atoms with Crippen molar-refractivity contribution in [1.29, 1.82) is 0 Å². The lowest BCUT2D eigenvalue weighted by atomic mass is 10.1. The smallest absolute Gasteiger partial charge is 0.119 e. The standard InChI is InChI=1S/C18H18N2O/c1-2-21-15-7-5-6-14(12-15)13-20-18-10-11-19-17-9-4-3-8-16(17)18/h3-12H,2,13H2,1H3,(H,19,20). The van der Waals surface area contributed by atoms with E-state index in [1.807, 2.05) is 49.5 Å². The first-order valence-electron chi connectivity index (χ1n) is 7.16. The highest BCUT2D eigenvalue weighted by Crippen LogP contribution is 2.22. The van der Waals surface area contributed by atoms with Gasteiger partial charge in [0.05, 0.1) is 12.1 Å². The molecule has 1 aromatic heterocycles. The SMILES string of the molecule is CCOc1cccc(CNc2ccnc3ccccc23)c1. The first-order valence-corrected chi connectivity index (χ1v) is 7.16. The topological polar surface area (TPSA) is 34.1 Å². The number of nitrogens with zero attached hydrogens (tertiary/aromatic N) is 1. The zero-order valence-electron chi connectivity index (χ0n) is 12.0. The summed E-state index contributed by atoms with van der Waals surface area (Å²) < 4.78 is 5.53. The number of aromatic nitrogens is 1. The maximum Gasteiger partial charge on any atom is 0.119 e. The molecule has 106 valence electrons. The third-order valence-electron chi connectivity index (χ3n) is 3.34. The van der Waals surface area contributed by atoms with E-state index in [0.29, 0.717) is 6.61 Å². The van der Waals surface area contributed by atoms with Gasteiger partial charge in [0, 0.05) is 23.8 Å². The lowest BCUT2D eigenvalue weighted by Gasteiger charge is -2.10. The molecule has 3 nitrogen and oxygen atoms in total. The van der Waals surface area contributed by atoms with E-state index in [2.05, 4.69) is 28.5 Å². The van der Waals surface area contributed by atoms with Crippen LogP contribution in [0.4, 0.5) is 5.69 Å². The number of ether oxygens (including phenoxy) is 1. The van der Waals surface area contributed by atoms with Crippen molar-refractivity contribution in [2.24, 2.45) is 0 Å². The lowest BCUT2D eigenvalue weighted by Crippen LogP contribution is -2.01. The second kappa shape index (κ2) is 6.27. The molecule has 0 fully saturated rings. The largest absolute Gasteiger partial charge is 0.494 e. The third-order valence-corrected chi connectivity index (χ3v) is 3.34. The molecule has 21 heavy (non-hydrogen) atoms. The highest BCUT2D eigenvalue weighted by molar-refractivity contribution is 5.90. The highest BCUT2D eigenvalue weighted by Gasteiger charge is 2.01. The van der Waals surface area contributed by atoms with E-state index < -0.39 is 0 Å². The Morgan fingerprint density at radius 3 is 2.86 bits per heavy atom. The van der Waals surface area contributed by atoms with Gasteiger partial charge in [0.1, 0.15) is 5.75 Å². The van der Waals surface area contributed by atoms with Gasteiger partial charge in [0.25, 0.3) is 0 Å². The summed E-state index contributed by atoms with van der Waals surface area (Å²) in [6.45, 7) is 3.44. The third kappa shape index (κ3) is 3.14. The van der Waals surface area contributed by atoms with Crippen molar-refractivity contribution < 1.29 is 4.74 Å². The van der Waals surface area contributed by atoms with Gasteiger partial charge in [-0.1, -0.05) is 30.3 Å². The number of hydrogen-bond donors (Lipinski definition) is 1. The van der Waals surface area contributed by atoms with E-state index in [-0.39, 0.29) is 0 Å². The summed E-state index contributed by atoms with van der Waals surface area (Å²) in [5.74, 6) is 0.913. The van der Waals surface area contributed by atoms with Crippen molar-refractivity contribution in [1.82, 2.24) is 4.98 Å². The van der Waals surface area contributed by atoms with Gasteiger partial charge in [0.2, 0.25) is 0 Å².